The van der Waals surface area contributed by atoms with Crippen molar-refractivity contribution < 1.29 is 4.21 Å². The van der Waals surface area contributed by atoms with Gasteiger partial charge in [0.15, 0.2) is 0 Å². The van der Waals surface area contributed by atoms with Crippen LogP contribution < -0.4 is 0 Å². The summed E-state index contributed by atoms with van der Waals surface area (Å²) in [6.45, 7) is 0. The van der Waals surface area contributed by atoms with Gasteiger partial charge in [0, 0.05) is 20.6 Å². The van der Waals surface area contributed by atoms with Crippen molar-refractivity contribution in [3.63, 3.8) is 0 Å². The predicted octanol–water partition coefficient (Wildman–Crippen LogP) is 3.26. The van der Waals surface area contributed by atoms with Crippen LogP contribution in [0.15, 0.2) is 35.0 Å². The highest BCUT2D eigenvalue weighted by molar-refractivity contribution is 7.83. The molecule has 2 aromatic heterocycles. The Labute approximate surface area is 93.9 Å². The van der Waals surface area contributed by atoms with E-state index < -0.39 is 10.8 Å². The lowest BCUT2D eigenvalue weighted by atomic mass is 10.5. The van der Waals surface area contributed by atoms with Gasteiger partial charge in [-0.15, -0.1) is 22.7 Å². The second-order valence-electron chi connectivity index (χ2n) is 2.89. The topological polar surface area (TPSA) is 17.1 Å². The molecule has 4 heteroatoms. The third-order valence-corrected chi connectivity index (χ3v) is 5.15. The fourth-order valence-corrected chi connectivity index (χ4v) is 4.40. The standard InChI is InChI=1S/C10H10OS3/c11-14(7-9-3-1-5-12-9)8-10-4-2-6-13-10/h1-6H,7-8H2. The summed E-state index contributed by atoms with van der Waals surface area (Å²) in [6, 6.07) is 8.08. The Kier molecular flexibility index (Phi) is 3.50. The molecule has 0 aromatic carbocycles. The van der Waals surface area contributed by atoms with E-state index in [0.717, 1.165) is 0 Å². The van der Waals surface area contributed by atoms with Gasteiger partial charge in [0.05, 0.1) is 11.5 Å². The fraction of sp³-hybridized carbons (Fsp3) is 0.200. The van der Waals surface area contributed by atoms with Crippen molar-refractivity contribution in [1.82, 2.24) is 0 Å². The number of hydrogen-bond acceptors (Lipinski definition) is 3. The zero-order valence-electron chi connectivity index (χ0n) is 7.51. The molecule has 0 amide bonds. The van der Waals surface area contributed by atoms with Crippen LogP contribution in [0, 0.1) is 0 Å². The van der Waals surface area contributed by atoms with Gasteiger partial charge in [-0.05, 0) is 22.9 Å². The van der Waals surface area contributed by atoms with Gasteiger partial charge in [0.1, 0.15) is 0 Å². The first-order valence-electron chi connectivity index (χ1n) is 4.24. The summed E-state index contributed by atoms with van der Waals surface area (Å²) >= 11 is 3.35. The molecule has 2 rings (SSSR count). The van der Waals surface area contributed by atoms with E-state index in [2.05, 4.69) is 0 Å². The van der Waals surface area contributed by atoms with Gasteiger partial charge in [0.25, 0.3) is 0 Å². The molecule has 0 atom stereocenters. The van der Waals surface area contributed by atoms with E-state index in [1.165, 1.54) is 9.75 Å². The zero-order chi connectivity index (χ0) is 9.80. The van der Waals surface area contributed by atoms with Crippen LogP contribution in [-0.2, 0) is 22.3 Å². The quantitative estimate of drug-likeness (QED) is 0.804. The van der Waals surface area contributed by atoms with E-state index in [1.54, 1.807) is 22.7 Å². The van der Waals surface area contributed by atoms with Crippen molar-refractivity contribution in [2.75, 3.05) is 0 Å². The van der Waals surface area contributed by atoms with E-state index >= 15 is 0 Å². The van der Waals surface area contributed by atoms with Crippen LogP contribution in [0.3, 0.4) is 0 Å². The van der Waals surface area contributed by atoms with E-state index in [4.69, 9.17) is 0 Å². The first-order valence-corrected chi connectivity index (χ1v) is 7.49. The molecule has 2 aromatic rings. The van der Waals surface area contributed by atoms with E-state index in [9.17, 15) is 4.21 Å². The summed E-state index contributed by atoms with van der Waals surface area (Å²) in [5.41, 5.74) is 0. The second-order valence-corrected chi connectivity index (χ2v) is 6.41. The van der Waals surface area contributed by atoms with Crippen molar-refractivity contribution in [3.8, 4) is 0 Å². The van der Waals surface area contributed by atoms with Gasteiger partial charge < -0.3 is 0 Å². The summed E-state index contributed by atoms with van der Waals surface area (Å²) in [6.07, 6.45) is 0. The minimum Gasteiger partial charge on any atom is -0.259 e. The molecule has 0 spiro atoms. The van der Waals surface area contributed by atoms with Crippen molar-refractivity contribution >= 4 is 33.5 Å². The Morgan fingerprint density at radius 3 is 1.86 bits per heavy atom. The van der Waals surface area contributed by atoms with Crippen molar-refractivity contribution in [3.05, 3.63) is 44.8 Å². The Balaban J connectivity index is 1.91. The van der Waals surface area contributed by atoms with Crippen LogP contribution in [0.1, 0.15) is 9.75 Å². The summed E-state index contributed by atoms with van der Waals surface area (Å²) in [4.78, 5) is 2.42. The number of thiophene rings is 2. The van der Waals surface area contributed by atoms with Gasteiger partial charge in [-0.2, -0.15) is 0 Å². The third kappa shape index (κ3) is 2.77. The summed E-state index contributed by atoms with van der Waals surface area (Å²) in [5, 5.41) is 4.05. The van der Waals surface area contributed by atoms with Gasteiger partial charge >= 0.3 is 0 Å². The smallest absolute Gasteiger partial charge is 0.0583 e. The largest absolute Gasteiger partial charge is 0.259 e. The molecule has 2 heterocycles. The fourth-order valence-electron chi connectivity index (χ4n) is 1.16. The molecule has 0 radical (unpaired) electrons. The molecule has 0 unspecified atom stereocenters. The van der Waals surface area contributed by atoms with E-state index in [0.29, 0.717) is 11.5 Å². The maximum absolute atomic E-state index is 11.7. The van der Waals surface area contributed by atoms with Crippen molar-refractivity contribution in [1.29, 1.82) is 0 Å². The highest BCUT2D eigenvalue weighted by Gasteiger charge is 2.04. The van der Waals surface area contributed by atoms with Crippen molar-refractivity contribution in [2.24, 2.45) is 0 Å². The normalized spacial score (nSPS) is 10.9. The minimum absolute atomic E-state index is 0.690. The lowest BCUT2D eigenvalue weighted by molar-refractivity contribution is 0.682. The molecule has 0 bridgehead atoms. The molecule has 0 aliphatic rings. The second kappa shape index (κ2) is 4.87. The monoisotopic (exact) mass is 242 g/mol. The molecule has 0 aliphatic heterocycles. The molecule has 0 aliphatic carbocycles. The average Bonchev–Trinajstić information content (AvgIpc) is 2.76. The van der Waals surface area contributed by atoms with Crippen LogP contribution in [-0.4, -0.2) is 4.21 Å². The van der Waals surface area contributed by atoms with Crippen LogP contribution in [0.4, 0.5) is 0 Å². The molecular formula is C10H10OS3. The third-order valence-electron chi connectivity index (χ3n) is 1.77. The number of rotatable bonds is 4. The molecule has 14 heavy (non-hydrogen) atoms. The van der Waals surface area contributed by atoms with Crippen LogP contribution in [0.25, 0.3) is 0 Å². The predicted molar refractivity (Wildman–Crippen MR) is 64.2 cm³/mol. The average molecular weight is 242 g/mol. The summed E-state index contributed by atoms with van der Waals surface area (Å²) in [5.74, 6) is 1.38. The van der Waals surface area contributed by atoms with Crippen LogP contribution in [0.5, 0.6) is 0 Å². The Morgan fingerprint density at radius 2 is 1.50 bits per heavy atom. The van der Waals surface area contributed by atoms with Crippen molar-refractivity contribution in [2.45, 2.75) is 11.5 Å². The van der Waals surface area contributed by atoms with Gasteiger partial charge in [-0.1, -0.05) is 12.1 Å². The van der Waals surface area contributed by atoms with Crippen LogP contribution >= 0.6 is 22.7 Å². The maximum atomic E-state index is 11.7. The lowest BCUT2D eigenvalue weighted by Crippen LogP contribution is -1.95. The first kappa shape index (κ1) is 10.1. The Hall–Kier alpha value is -0.450. The van der Waals surface area contributed by atoms with Gasteiger partial charge in [-0.25, -0.2) is 0 Å². The molecule has 74 valence electrons. The zero-order valence-corrected chi connectivity index (χ0v) is 9.96. The summed E-state index contributed by atoms with van der Waals surface area (Å²) < 4.78 is 11.7. The molecule has 1 nitrogen and oxygen atoms in total. The van der Waals surface area contributed by atoms with Gasteiger partial charge in [-0.3, -0.25) is 4.21 Å². The van der Waals surface area contributed by atoms with E-state index in [-0.39, 0.29) is 0 Å². The Morgan fingerprint density at radius 1 is 1.00 bits per heavy atom. The lowest BCUT2D eigenvalue weighted by Gasteiger charge is -1.97. The summed E-state index contributed by atoms with van der Waals surface area (Å²) in [7, 11) is -0.758. The highest BCUT2D eigenvalue weighted by Crippen LogP contribution is 2.16. The first-order chi connectivity index (χ1) is 6.84. The SMILES string of the molecule is O=S(Cc1cccs1)Cc1cccs1. The number of hydrogen-bond donors (Lipinski definition) is 0. The molecule has 0 saturated carbocycles. The highest BCUT2D eigenvalue weighted by atomic mass is 32.2. The molecule has 0 N–H and O–H groups in total. The molecule has 0 fully saturated rings. The Bertz CT molecular complexity index is 351. The minimum atomic E-state index is -0.758. The maximum Gasteiger partial charge on any atom is 0.0583 e. The van der Waals surface area contributed by atoms with E-state index in [1.807, 2.05) is 35.0 Å². The van der Waals surface area contributed by atoms with Crippen LogP contribution in [0.2, 0.25) is 0 Å². The van der Waals surface area contributed by atoms with Gasteiger partial charge in [0.2, 0.25) is 0 Å². The molecule has 0 saturated heterocycles. The molecular weight excluding hydrogens is 232 g/mol.